The fourth-order valence-electron chi connectivity index (χ4n) is 2.45. The van der Waals surface area contributed by atoms with Gasteiger partial charge >= 0.3 is 0 Å². The lowest BCUT2D eigenvalue weighted by atomic mass is 10.2. The van der Waals surface area contributed by atoms with Crippen LogP contribution < -0.4 is 10.2 Å². The second-order valence-electron chi connectivity index (χ2n) is 5.93. The summed E-state index contributed by atoms with van der Waals surface area (Å²) in [7, 11) is 0. The van der Waals surface area contributed by atoms with Crippen LogP contribution in [0.25, 0.3) is 0 Å². The first-order valence-electron chi connectivity index (χ1n) is 8.51. The van der Waals surface area contributed by atoms with E-state index in [-0.39, 0.29) is 17.0 Å². The predicted octanol–water partition coefficient (Wildman–Crippen LogP) is 4.68. The molecule has 3 aromatic carbocycles. The molecule has 0 saturated carbocycles. The number of hydrogen-bond donors (Lipinski definition) is 1. The summed E-state index contributed by atoms with van der Waals surface area (Å²) in [6.07, 6.45) is 1.43. The number of nitro benzene ring substituents is 1. The molecule has 0 unspecified atom stereocenters. The van der Waals surface area contributed by atoms with Gasteiger partial charge in [0.2, 0.25) is 0 Å². The number of nitro groups is 1. The Morgan fingerprint density at radius 3 is 2.70 bits per heavy atom. The van der Waals surface area contributed by atoms with Crippen molar-refractivity contribution < 1.29 is 14.5 Å². The van der Waals surface area contributed by atoms with E-state index >= 15 is 0 Å². The largest absolute Gasteiger partial charge is 0.456 e. The summed E-state index contributed by atoms with van der Waals surface area (Å²) < 4.78 is 5.68. The Kier molecular flexibility index (Phi) is 6.37. The Hall–Kier alpha value is -4.22. The van der Waals surface area contributed by atoms with Crippen molar-refractivity contribution >= 4 is 29.4 Å². The average Bonchev–Trinajstić information content (AvgIpc) is 2.74. The zero-order valence-electron chi connectivity index (χ0n) is 15.3. The summed E-state index contributed by atoms with van der Waals surface area (Å²) in [5.41, 5.74) is 3.24. The van der Waals surface area contributed by atoms with Crippen LogP contribution in [0.5, 0.6) is 11.5 Å². The number of nitriles is 1. The molecule has 0 atom stereocenters. The van der Waals surface area contributed by atoms with Gasteiger partial charge in [0.1, 0.15) is 23.1 Å². The molecule has 0 aliphatic heterocycles. The summed E-state index contributed by atoms with van der Waals surface area (Å²) in [6, 6.07) is 18.8. The van der Waals surface area contributed by atoms with Gasteiger partial charge < -0.3 is 4.74 Å². The van der Waals surface area contributed by atoms with E-state index in [0.29, 0.717) is 21.9 Å². The van der Waals surface area contributed by atoms with E-state index in [0.717, 1.165) is 6.07 Å². The fraction of sp³-hybridized carbons (Fsp3) is 0. The highest BCUT2D eigenvalue weighted by molar-refractivity contribution is 6.30. The van der Waals surface area contributed by atoms with E-state index in [4.69, 9.17) is 16.3 Å². The number of ether oxygens (including phenoxy) is 1. The molecule has 9 heteroatoms. The molecule has 0 aliphatic carbocycles. The van der Waals surface area contributed by atoms with Gasteiger partial charge in [-0.05, 0) is 42.0 Å². The molecule has 0 aromatic heterocycles. The van der Waals surface area contributed by atoms with E-state index in [1.165, 1.54) is 24.4 Å². The van der Waals surface area contributed by atoms with Gasteiger partial charge in [-0.3, -0.25) is 14.9 Å². The first-order chi connectivity index (χ1) is 14.5. The third-order valence-electron chi connectivity index (χ3n) is 3.85. The lowest BCUT2D eigenvalue weighted by Gasteiger charge is -2.08. The molecule has 0 saturated heterocycles. The quantitative estimate of drug-likeness (QED) is 0.353. The number of carbonyl (C=O) groups is 1. The van der Waals surface area contributed by atoms with Gasteiger partial charge in [-0.2, -0.15) is 10.4 Å². The summed E-state index contributed by atoms with van der Waals surface area (Å²) in [4.78, 5) is 22.3. The first-order valence-corrected chi connectivity index (χ1v) is 8.89. The predicted molar refractivity (Wildman–Crippen MR) is 111 cm³/mol. The van der Waals surface area contributed by atoms with Gasteiger partial charge in [-0.15, -0.1) is 0 Å². The number of halogens is 1. The van der Waals surface area contributed by atoms with Crippen molar-refractivity contribution in [2.45, 2.75) is 0 Å². The zero-order chi connectivity index (χ0) is 21.5. The van der Waals surface area contributed by atoms with Gasteiger partial charge in [0.05, 0.1) is 11.1 Å². The van der Waals surface area contributed by atoms with Crippen LogP contribution in [0.4, 0.5) is 5.69 Å². The molecule has 1 N–H and O–H groups in total. The van der Waals surface area contributed by atoms with Crippen LogP contribution >= 0.6 is 11.6 Å². The Morgan fingerprint density at radius 1 is 1.17 bits per heavy atom. The lowest BCUT2D eigenvalue weighted by molar-refractivity contribution is -0.384. The third kappa shape index (κ3) is 5.19. The molecule has 0 aliphatic rings. The molecule has 8 nitrogen and oxygen atoms in total. The standard InChI is InChI=1S/C21H13ClN4O4/c22-17-5-2-4-15(10-17)21(27)25-24-13-14-3-1-6-19(9-14)30-20-8-7-18(26(28)29)11-16(20)12-23/h1-11,13H,(H,25,27). The molecule has 3 rings (SSSR count). The number of nitrogens with zero attached hydrogens (tertiary/aromatic N) is 3. The molecule has 0 bridgehead atoms. The van der Waals surface area contributed by atoms with Gasteiger partial charge in [0, 0.05) is 22.7 Å². The second kappa shape index (κ2) is 9.32. The molecule has 0 radical (unpaired) electrons. The topological polar surface area (TPSA) is 118 Å². The minimum absolute atomic E-state index is 0.0389. The van der Waals surface area contributed by atoms with Crippen LogP contribution in [0.2, 0.25) is 5.02 Å². The Bertz CT molecular complexity index is 1190. The maximum absolute atomic E-state index is 12.1. The van der Waals surface area contributed by atoms with Crippen molar-refractivity contribution in [3.63, 3.8) is 0 Å². The number of hydrazone groups is 1. The molecule has 148 valence electrons. The maximum atomic E-state index is 12.1. The van der Waals surface area contributed by atoms with Gasteiger partial charge in [-0.25, -0.2) is 5.43 Å². The van der Waals surface area contributed by atoms with Crippen molar-refractivity contribution in [1.82, 2.24) is 5.43 Å². The van der Waals surface area contributed by atoms with E-state index < -0.39 is 10.8 Å². The van der Waals surface area contributed by atoms with Crippen molar-refractivity contribution in [2.75, 3.05) is 0 Å². The molecule has 0 fully saturated rings. The van der Waals surface area contributed by atoms with Crippen LogP contribution in [0.15, 0.2) is 71.8 Å². The van der Waals surface area contributed by atoms with Gasteiger partial charge in [-0.1, -0.05) is 29.8 Å². The van der Waals surface area contributed by atoms with Crippen molar-refractivity contribution in [2.24, 2.45) is 5.10 Å². The summed E-state index contributed by atoms with van der Waals surface area (Å²) in [6.45, 7) is 0. The number of non-ortho nitro benzene ring substituents is 1. The molecular weight excluding hydrogens is 408 g/mol. The van der Waals surface area contributed by atoms with Gasteiger partial charge in [0.15, 0.2) is 0 Å². The van der Waals surface area contributed by atoms with E-state index in [9.17, 15) is 20.2 Å². The van der Waals surface area contributed by atoms with E-state index in [1.54, 1.807) is 42.5 Å². The minimum atomic E-state index is -0.584. The molecule has 3 aromatic rings. The van der Waals surface area contributed by atoms with Crippen molar-refractivity contribution in [3.05, 3.63) is 98.6 Å². The summed E-state index contributed by atoms with van der Waals surface area (Å²) in [5.74, 6) is 0.169. The number of rotatable bonds is 6. The van der Waals surface area contributed by atoms with Crippen LogP contribution in [0.1, 0.15) is 21.5 Å². The Morgan fingerprint density at radius 2 is 1.97 bits per heavy atom. The number of nitrogens with one attached hydrogen (secondary N) is 1. The van der Waals surface area contributed by atoms with Crippen LogP contribution in [0, 0.1) is 21.4 Å². The van der Waals surface area contributed by atoms with Gasteiger partial charge in [0.25, 0.3) is 11.6 Å². The number of hydrogen-bond acceptors (Lipinski definition) is 6. The van der Waals surface area contributed by atoms with E-state index in [2.05, 4.69) is 10.5 Å². The molecule has 30 heavy (non-hydrogen) atoms. The molecule has 1 amide bonds. The zero-order valence-corrected chi connectivity index (χ0v) is 16.0. The molecule has 0 spiro atoms. The molecular formula is C21H13ClN4O4. The average molecular weight is 421 g/mol. The lowest BCUT2D eigenvalue weighted by Crippen LogP contribution is -2.17. The summed E-state index contributed by atoms with van der Waals surface area (Å²) >= 11 is 5.86. The van der Waals surface area contributed by atoms with E-state index in [1.807, 2.05) is 6.07 Å². The Balaban J connectivity index is 1.71. The highest BCUT2D eigenvalue weighted by atomic mass is 35.5. The highest BCUT2D eigenvalue weighted by Crippen LogP contribution is 2.28. The minimum Gasteiger partial charge on any atom is -0.456 e. The monoisotopic (exact) mass is 420 g/mol. The SMILES string of the molecule is N#Cc1cc([N+](=O)[O-])ccc1Oc1cccc(C=NNC(=O)c2cccc(Cl)c2)c1. The first kappa shape index (κ1) is 20.5. The fourth-order valence-corrected chi connectivity index (χ4v) is 2.64. The third-order valence-corrected chi connectivity index (χ3v) is 4.08. The van der Waals surface area contributed by atoms with Crippen molar-refractivity contribution in [3.8, 4) is 17.6 Å². The normalized spacial score (nSPS) is 10.4. The summed E-state index contributed by atoms with van der Waals surface area (Å²) in [5, 5.41) is 24.4. The highest BCUT2D eigenvalue weighted by Gasteiger charge is 2.12. The number of carbonyl (C=O) groups excluding carboxylic acids is 1. The second-order valence-corrected chi connectivity index (χ2v) is 6.37. The van der Waals surface area contributed by atoms with Crippen LogP contribution in [-0.4, -0.2) is 17.0 Å². The molecule has 0 heterocycles. The van der Waals surface area contributed by atoms with Crippen LogP contribution in [-0.2, 0) is 0 Å². The number of amides is 1. The number of benzene rings is 3. The Labute approximate surface area is 176 Å². The maximum Gasteiger partial charge on any atom is 0.271 e. The smallest absolute Gasteiger partial charge is 0.271 e. The van der Waals surface area contributed by atoms with Crippen LogP contribution in [0.3, 0.4) is 0 Å². The van der Waals surface area contributed by atoms with Crippen molar-refractivity contribution in [1.29, 1.82) is 5.26 Å².